The fraction of sp³-hybridized carbons (Fsp3) is 0.263. The van der Waals surface area contributed by atoms with Crippen molar-refractivity contribution in [3.05, 3.63) is 59.4 Å². The summed E-state index contributed by atoms with van der Waals surface area (Å²) in [6, 6.07) is 10.8. The summed E-state index contributed by atoms with van der Waals surface area (Å²) >= 11 is 0. The molecule has 3 rings (SSSR count). The number of nitrogens with one attached hydrogen (secondary N) is 1. The molecule has 0 saturated heterocycles. The van der Waals surface area contributed by atoms with Gasteiger partial charge in [-0.15, -0.1) is 0 Å². The van der Waals surface area contributed by atoms with Gasteiger partial charge >= 0.3 is 5.97 Å². The lowest BCUT2D eigenvalue weighted by Crippen LogP contribution is -2.14. The Morgan fingerprint density at radius 3 is 2.64 bits per heavy atom. The SMILES string of the molecule is O=C(O)Cc1ccc(NC(=O)c2ccccc2OCC2CC2)cc1F. The zero-order valence-electron chi connectivity index (χ0n) is 13.5. The summed E-state index contributed by atoms with van der Waals surface area (Å²) < 4.78 is 19.6. The maximum atomic E-state index is 13.9. The molecule has 0 spiro atoms. The van der Waals surface area contributed by atoms with Gasteiger partial charge in [-0.2, -0.15) is 0 Å². The van der Waals surface area contributed by atoms with Gasteiger partial charge in [0.1, 0.15) is 11.6 Å². The average Bonchev–Trinajstić information content (AvgIpc) is 3.40. The van der Waals surface area contributed by atoms with Gasteiger partial charge in [-0.1, -0.05) is 18.2 Å². The molecular formula is C19H18FNO4. The first-order valence-corrected chi connectivity index (χ1v) is 8.06. The molecule has 2 aromatic rings. The van der Waals surface area contributed by atoms with E-state index in [0.29, 0.717) is 23.8 Å². The van der Waals surface area contributed by atoms with E-state index >= 15 is 0 Å². The highest BCUT2D eigenvalue weighted by molar-refractivity contribution is 6.06. The number of rotatable bonds is 7. The maximum Gasteiger partial charge on any atom is 0.307 e. The lowest BCUT2D eigenvalue weighted by Gasteiger charge is -2.12. The molecule has 0 atom stereocenters. The Morgan fingerprint density at radius 2 is 1.96 bits per heavy atom. The van der Waals surface area contributed by atoms with Gasteiger partial charge in [0.2, 0.25) is 0 Å². The third-order valence-corrected chi connectivity index (χ3v) is 3.96. The molecule has 2 N–H and O–H groups in total. The number of carbonyl (C=O) groups is 2. The minimum atomic E-state index is -1.11. The monoisotopic (exact) mass is 343 g/mol. The van der Waals surface area contributed by atoms with Crippen molar-refractivity contribution in [2.24, 2.45) is 5.92 Å². The van der Waals surface area contributed by atoms with Crippen molar-refractivity contribution >= 4 is 17.6 Å². The third kappa shape index (κ3) is 4.56. The van der Waals surface area contributed by atoms with Crippen molar-refractivity contribution in [3.63, 3.8) is 0 Å². The van der Waals surface area contributed by atoms with E-state index in [-0.39, 0.29) is 11.3 Å². The summed E-state index contributed by atoms with van der Waals surface area (Å²) in [4.78, 5) is 23.1. The van der Waals surface area contributed by atoms with Gasteiger partial charge in [-0.3, -0.25) is 9.59 Å². The molecule has 0 heterocycles. The summed E-state index contributed by atoms with van der Waals surface area (Å²) in [5, 5.41) is 11.3. The van der Waals surface area contributed by atoms with Crippen LogP contribution in [0, 0.1) is 11.7 Å². The Bertz CT molecular complexity index is 802. The Balaban J connectivity index is 1.71. The maximum absolute atomic E-state index is 13.9. The van der Waals surface area contributed by atoms with E-state index in [1.807, 2.05) is 0 Å². The molecule has 1 saturated carbocycles. The minimum Gasteiger partial charge on any atom is -0.492 e. The van der Waals surface area contributed by atoms with E-state index in [4.69, 9.17) is 9.84 Å². The van der Waals surface area contributed by atoms with Gasteiger partial charge in [0.05, 0.1) is 18.6 Å². The van der Waals surface area contributed by atoms with Gasteiger partial charge in [0.25, 0.3) is 5.91 Å². The van der Waals surface area contributed by atoms with Crippen molar-refractivity contribution in [1.82, 2.24) is 0 Å². The van der Waals surface area contributed by atoms with E-state index in [2.05, 4.69) is 5.32 Å². The first kappa shape index (κ1) is 17.0. The molecule has 0 bridgehead atoms. The number of halogens is 1. The molecular weight excluding hydrogens is 325 g/mol. The van der Waals surface area contributed by atoms with Gasteiger partial charge < -0.3 is 15.2 Å². The van der Waals surface area contributed by atoms with Gasteiger partial charge in [0, 0.05) is 5.69 Å². The van der Waals surface area contributed by atoms with E-state index in [0.717, 1.165) is 18.9 Å². The Labute approximate surface area is 144 Å². The molecule has 0 radical (unpaired) electrons. The number of anilines is 1. The van der Waals surface area contributed by atoms with Crippen LogP contribution in [0.5, 0.6) is 5.75 Å². The van der Waals surface area contributed by atoms with Crippen LogP contribution in [0.1, 0.15) is 28.8 Å². The smallest absolute Gasteiger partial charge is 0.307 e. The molecule has 0 aromatic heterocycles. The van der Waals surface area contributed by atoms with E-state index in [9.17, 15) is 14.0 Å². The van der Waals surface area contributed by atoms with Crippen LogP contribution >= 0.6 is 0 Å². The highest BCUT2D eigenvalue weighted by atomic mass is 19.1. The van der Waals surface area contributed by atoms with Crippen LogP contribution in [-0.2, 0) is 11.2 Å². The molecule has 1 amide bonds. The molecule has 0 aliphatic heterocycles. The molecule has 6 heteroatoms. The Hall–Kier alpha value is -2.89. The zero-order chi connectivity index (χ0) is 17.8. The summed E-state index contributed by atoms with van der Waals surface area (Å²) in [7, 11) is 0. The summed E-state index contributed by atoms with van der Waals surface area (Å²) in [6.07, 6.45) is 1.89. The predicted molar refractivity (Wildman–Crippen MR) is 90.4 cm³/mol. The lowest BCUT2D eigenvalue weighted by molar-refractivity contribution is -0.136. The fourth-order valence-electron chi connectivity index (χ4n) is 2.40. The van der Waals surface area contributed by atoms with Crippen molar-refractivity contribution in [2.75, 3.05) is 11.9 Å². The van der Waals surface area contributed by atoms with Crippen molar-refractivity contribution < 1.29 is 23.8 Å². The van der Waals surface area contributed by atoms with Crippen molar-refractivity contribution in [3.8, 4) is 5.75 Å². The van der Waals surface area contributed by atoms with Crippen LogP contribution in [0.15, 0.2) is 42.5 Å². The second-order valence-electron chi connectivity index (χ2n) is 6.08. The van der Waals surface area contributed by atoms with Gasteiger partial charge in [-0.05, 0) is 48.6 Å². The molecule has 0 unspecified atom stereocenters. The predicted octanol–water partition coefficient (Wildman–Crippen LogP) is 3.49. The third-order valence-electron chi connectivity index (χ3n) is 3.96. The van der Waals surface area contributed by atoms with Crippen LogP contribution < -0.4 is 10.1 Å². The number of hydrogen-bond acceptors (Lipinski definition) is 3. The first-order valence-electron chi connectivity index (χ1n) is 8.06. The van der Waals surface area contributed by atoms with Crippen LogP contribution in [0.25, 0.3) is 0 Å². The van der Waals surface area contributed by atoms with E-state index < -0.39 is 24.1 Å². The number of hydrogen-bond donors (Lipinski definition) is 2. The van der Waals surface area contributed by atoms with Crippen molar-refractivity contribution in [1.29, 1.82) is 0 Å². The van der Waals surface area contributed by atoms with Crippen molar-refractivity contribution in [2.45, 2.75) is 19.3 Å². The number of amides is 1. The normalized spacial score (nSPS) is 13.3. The molecule has 130 valence electrons. The number of para-hydroxylation sites is 1. The summed E-state index contributed by atoms with van der Waals surface area (Å²) in [5.41, 5.74) is 0.700. The number of carboxylic acids is 1. The standard InChI is InChI=1S/C19H18FNO4/c20-16-10-14(8-7-13(16)9-18(22)23)21-19(24)15-3-1-2-4-17(15)25-11-12-5-6-12/h1-4,7-8,10,12H,5-6,9,11H2,(H,21,24)(H,22,23). The summed E-state index contributed by atoms with van der Waals surface area (Å²) in [5.74, 6) is -1.13. The molecule has 1 aliphatic rings. The second-order valence-corrected chi connectivity index (χ2v) is 6.08. The molecule has 5 nitrogen and oxygen atoms in total. The van der Waals surface area contributed by atoms with Crippen LogP contribution in [0.4, 0.5) is 10.1 Å². The number of ether oxygens (including phenoxy) is 1. The van der Waals surface area contributed by atoms with Crippen LogP contribution in [0.3, 0.4) is 0 Å². The average molecular weight is 343 g/mol. The van der Waals surface area contributed by atoms with Gasteiger partial charge in [-0.25, -0.2) is 4.39 Å². The molecule has 2 aromatic carbocycles. The molecule has 1 aliphatic carbocycles. The topological polar surface area (TPSA) is 75.6 Å². The largest absolute Gasteiger partial charge is 0.492 e. The highest BCUT2D eigenvalue weighted by Crippen LogP contribution is 2.30. The Morgan fingerprint density at radius 1 is 1.20 bits per heavy atom. The first-order chi connectivity index (χ1) is 12.0. The second kappa shape index (κ2) is 7.34. The number of carboxylic acid groups (broad SMARTS) is 1. The van der Waals surface area contributed by atoms with Crippen LogP contribution in [-0.4, -0.2) is 23.6 Å². The van der Waals surface area contributed by atoms with Crippen LogP contribution in [0.2, 0.25) is 0 Å². The van der Waals surface area contributed by atoms with E-state index in [1.54, 1.807) is 24.3 Å². The molecule has 1 fully saturated rings. The minimum absolute atomic E-state index is 0.0682. The summed E-state index contributed by atoms with van der Waals surface area (Å²) in [6.45, 7) is 0.586. The zero-order valence-corrected chi connectivity index (χ0v) is 13.5. The van der Waals surface area contributed by atoms with E-state index in [1.165, 1.54) is 12.1 Å². The highest BCUT2D eigenvalue weighted by Gasteiger charge is 2.23. The lowest BCUT2D eigenvalue weighted by atomic mass is 10.1. The molecule has 25 heavy (non-hydrogen) atoms. The number of aliphatic carboxylic acids is 1. The van der Waals surface area contributed by atoms with Gasteiger partial charge in [0.15, 0.2) is 0 Å². The fourth-order valence-corrected chi connectivity index (χ4v) is 2.40. The number of benzene rings is 2. The quantitative estimate of drug-likeness (QED) is 0.807. The number of carbonyl (C=O) groups excluding carboxylic acids is 1. The Kier molecular flexibility index (Phi) is 4.97.